The summed E-state index contributed by atoms with van der Waals surface area (Å²) in [5.41, 5.74) is 1.63. The summed E-state index contributed by atoms with van der Waals surface area (Å²) in [7, 11) is 5.77. The van der Waals surface area contributed by atoms with Gasteiger partial charge in [0.05, 0.1) is 24.9 Å². The summed E-state index contributed by atoms with van der Waals surface area (Å²) < 4.78 is 5.34. The van der Waals surface area contributed by atoms with Crippen molar-refractivity contribution in [1.82, 2.24) is 24.7 Å². The standard InChI is InChI=1S/C26H35N7O2/c1-31(2)14-8-13-27-25-20-9-4-5-10-21(20)28-24(30-25)19-32-15-17-33(18-16-32)26(34)29-22-11-6-7-12-23(22)35-3/h4-7,9-12H,8,13-19H2,1-3H3,(H,29,34)(H,27,28,30). The molecule has 1 aliphatic rings. The highest BCUT2D eigenvalue weighted by molar-refractivity contribution is 5.91. The predicted molar refractivity (Wildman–Crippen MR) is 140 cm³/mol. The van der Waals surface area contributed by atoms with Crippen LogP contribution in [0.5, 0.6) is 5.75 Å². The van der Waals surface area contributed by atoms with E-state index in [-0.39, 0.29) is 6.03 Å². The highest BCUT2D eigenvalue weighted by atomic mass is 16.5. The summed E-state index contributed by atoms with van der Waals surface area (Å²) in [5.74, 6) is 2.34. The van der Waals surface area contributed by atoms with Crippen molar-refractivity contribution in [3.05, 3.63) is 54.4 Å². The number of amides is 2. The Balaban J connectivity index is 1.35. The molecule has 0 aliphatic carbocycles. The Morgan fingerprint density at radius 2 is 1.77 bits per heavy atom. The van der Waals surface area contributed by atoms with Gasteiger partial charge in [0.25, 0.3) is 0 Å². The lowest BCUT2D eigenvalue weighted by Gasteiger charge is -2.34. The molecule has 1 saturated heterocycles. The number of hydrogen-bond acceptors (Lipinski definition) is 7. The SMILES string of the molecule is COc1ccccc1NC(=O)N1CCN(Cc2nc(NCCCN(C)C)c3ccccc3n2)CC1. The van der Waals surface area contributed by atoms with E-state index in [2.05, 4.69) is 40.6 Å². The van der Waals surface area contributed by atoms with Crippen LogP contribution in [-0.4, -0.2) is 91.2 Å². The Labute approximate surface area is 207 Å². The molecule has 9 nitrogen and oxygen atoms in total. The molecule has 0 radical (unpaired) electrons. The highest BCUT2D eigenvalue weighted by Crippen LogP contribution is 2.24. The number of nitrogens with one attached hydrogen (secondary N) is 2. The van der Waals surface area contributed by atoms with Crippen molar-refractivity contribution >= 4 is 28.4 Å². The number of urea groups is 1. The molecule has 1 fully saturated rings. The average molecular weight is 478 g/mol. The molecule has 35 heavy (non-hydrogen) atoms. The monoisotopic (exact) mass is 477 g/mol. The molecule has 2 N–H and O–H groups in total. The average Bonchev–Trinajstić information content (AvgIpc) is 2.87. The van der Waals surface area contributed by atoms with Crippen molar-refractivity contribution in [2.45, 2.75) is 13.0 Å². The Morgan fingerprint density at radius 1 is 1.03 bits per heavy atom. The number of fused-ring (bicyclic) bond motifs is 1. The fraction of sp³-hybridized carbons (Fsp3) is 0.423. The minimum Gasteiger partial charge on any atom is -0.495 e. The maximum Gasteiger partial charge on any atom is 0.322 e. The Hall–Kier alpha value is -3.43. The zero-order valence-electron chi connectivity index (χ0n) is 20.8. The van der Waals surface area contributed by atoms with Crippen molar-refractivity contribution in [3.63, 3.8) is 0 Å². The molecule has 0 atom stereocenters. The van der Waals surface area contributed by atoms with Crippen LogP contribution >= 0.6 is 0 Å². The number of nitrogens with zero attached hydrogens (tertiary/aromatic N) is 5. The molecule has 4 rings (SSSR count). The second kappa shape index (κ2) is 11.8. The van der Waals surface area contributed by atoms with Gasteiger partial charge in [0.1, 0.15) is 17.4 Å². The van der Waals surface area contributed by atoms with Gasteiger partial charge in [-0.25, -0.2) is 14.8 Å². The molecule has 3 aromatic rings. The number of aromatic nitrogens is 2. The lowest BCUT2D eigenvalue weighted by atomic mass is 10.2. The summed E-state index contributed by atoms with van der Waals surface area (Å²) in [4.78, 5) is 28.7. The van der Waals surface area contributed by atoms with E-state index in [4.69, 9.17) is 14.7 Å². The van der Waals surface area contributed by atoms with E-state index in [0.29, 0.717) is 31.1 Å². The summed E-state index contributed by atoms with van der Waals surface area (Å²) >= 11 is 0. The number of benzene rings is 2. The molecule has 2 amide bonds. The third-order valence-electron chi connectivity index (χ3n) is 6.10. The molecule has 0 saturated carbocycles. The van der Waals surface area contributed by atoms with Gasteiger partial charge in [-0.2, -0.15) is 0 Å². The molecule has 2 aromatic carbocycles. The van der Waals surface area contributed by atoms with Gasteiger partial charge in [0.2, 0.25) is 0 Å². The summed E-state index contributed by atoms with van der Waals surface area (Å²) in [5, 5.41) is 7.51. The first-order valence-electron chi connectivity index (χ1n) is 12.1. The second-order valence-corrected chi connectivity index (χ2v) is 8.98. The minimum atomic E-state index is -0.111. The molecule has 1 aromatic heterocycles. The number of ether oxygens (including phenoxy) is 1. The first-order valence-corrected chi connectivity index (χ1v) is 12.1. The topological polar surface area (TPSA) is 85.9 Å². The van der Waals surface area contributed by atoms with Crippen LogP contribution in [0, 0.1) is 0 Å². The maximum absolute atomic E-state index is 12.8. The summed E-state index contributed by atoms with van der Waals surface area (Å²) in [6.45, 7) is 5.35. The number of rotatable bonds is 9. The first-order chi connectivity index (χ1) is 17.0. The number of anilines is 2. The molecule has 2 heterocycles. The summed E-state index contributed by atoms with van der Waals surface area (Å²) in [6, 6.07) is 15.5. The van der Waals surface area contributed by atoms with Gasteiger partial charge >= 0.3 is 6.03 Å². The molecule has 0 spiro atoms. The third-order valence-corrected chi connectivity index (χ3v) is 6.10. The fourth-order valence-electron chi connectivity index (χ4n) is 4.18. The van der Waals surface area contributed by atoms with E-state index in [1.807, 2.05) is 47.4 Å². The van der Waals surface area contributed by atoms with Crippen molar-refractivity contribution in [3.8, 4) is 5.75 Å². The molecular formula is C26H35N7O2. The Bertz CT molecular complexity index is 1130. The largest absolute Gasteiger partial charge is 0.495 e. The van der Waals surface area contributed by atoms with E-state index in [1.54, 1.807) is 7.11 Å². The zero-order valence-corrected chi connectivity index (χ0v) is 20.8. The quantitative estimate of drug-likeness (QED) is 0.457. The van der Waals surface area contributed by atoms with Crippen LogP contribution in [-0.2, 0) is 6.54 Å². The van der Waals surface area contributed by atoms with Crippen LogP contribution in [0.15, 0.2) is 48.5 Å². The van der Waals surface area contributed by atoms with Gasteiger partial charge in [-0.15, -0.1) is 0 Å². The zero-order chi connectivity index (χ0) is 24.6. The lowest BCUT2D eigenvalue weighted by molar-refractivity contribution is 0.141. The predicted octanol–water partition coefficient (Wildman–Crippen LogP) is 3.35. The molecule has 186 valence electrons. The van der Waals surface area contributed by atoms with E-state index >= 15 is 0 Å². The normalized spacial score (nSPS) is 14.3. The minimum absolute atomic E-state index is 0.111. The van der Waals surface area contributed by atoms with Crippen molar-refractivity contribution in [2.24, 2.45) is 0 Å². The molecule has 0 bridgehead atoms. The number of carbonyl (C=O) groups is 1. The number of para-hydroxylation sites is 3. The van der Waals surface area contributed by atoms with Crippen LogP contribution in [0.1, 0.15) is 12.2 Å². The van der Waals surface area contributed by atoms with Gasteiger partial charge in [-0.3, -0.25) is 4.90 Å². The molecule has 1 aliphatic heterocycles. The third kappa shape index (κ3) is 6.58. The Kier molecular flexibility index (Phi) is 8.33. The number of methoxy groups -OCH3 is 1. The molecular weight excluding hydrogens is 442 g/mol. The van der Waals surface area contributed by atoms with Crippen molar-refractivity contribution in [2.75, 3.05) is 71.1 Å². The van der Waals surface area contributed by atoms with Gasteiger partial charge in [-0.1, -0.05) is 24.3 Å². The van der Waals surface area contributed by atoms with Crippen LogP contribution in [0.4, 0.5) is 16.3 Å². The molecule has 0 unspecified atom stereocenters. The lowest BCUT2D eigenvalue weighted by Crippen LogP contribution is -2.49. The number of piperazine rings is 1. The van der Waals surface area contributed by atoms with Crippen molar-refractivity contribution < 1.29 is 9.53 Å². The first kappa shape index (κ1) is 24.7. The van der Waals surface area contributed by atoms with Gasteiger partial charge in [0, 0.05) is 38.1 Å². The molecule has 9 heteroatoms. The van der Waals surface area contributed by atoms with E-state index in [9.17, 15) is 4.79 Å². The van der Waals surface area contributed by atoms with E-state index < -0.39 is 0 Å². The van der Waals surface area contributed by atoms with Gasteiger partial charge < -0.3 is 25.2 Å². The number of hydrogen-bond donors (Lipinski definition) is 2. The highest BCUT2D eigenvalue weighted by Gasteiger charge is 2.23. The smallest absolute Gasteiger partial charge is 0.322 e. The summed E-state index contributed by atoms with van der Waals surface area (Å²) in [6.07, 6.45) is 1.04. The van der Waals surface area contributed by atoms with Crippen LogP contribution in [0.25, 0.3) is 10.9 Å². The number of carbonyl (C=O) groups excluding carboxylic acids is 1. The van der Waals surface area contributed by atoms with Crippen LogP contribution in [0.2, 0.25) is 0 Å². The fourth-order valence-corrected chi connectivity index (χ4v) is 4.18. The van der Waals surface area contributed by atoms with Crippen LogP contribution in [0.3, 0.4) is 0 Å². The Morgan fingerprint density at radius 3 is 2.54 bits per heavy atom. The van der Waals surface area contributed by atoms with Crippen LogP contribution < -0.4 is 15.4 Å². The van der Waals surface area contributed by atoms with E-state index in [1.165, 1.54) is 0 Å². The van der Waals surface area contributed by atoms with E-state index in [0.717, 1.165) is 55.1 Å². The van der Waals surface area contributed by atoms with Gasteiger partial charge in [0.15, 0.2) is 0 Å². The second-order valence-electron chi connectivity index (χ2n) is 8.98. The maximum atomic E-state index is 12.8. The van der Waals surface area contributed by atoms with Gasteiger partial charge in [-0.05, 0) is 51.3 Å². The van der Waals surface area contributed by atoms with Crippen molar-refractivity contribution in [1.29, 1.82) is 0 Å².